The van der Waals surface area contributed by atoms with Crippen LogP contribution in [-0.2, 0) is 4.74 Å². The van der Waals surface area contributed by atoms with E-state index in [1.165, 1.54) is 0 Å². The summed E-state index contributed by atoms with van der Waals surface area (Å²) in [4.78, 5) is 3.92. The van der Waals surface area contributed by atoms with Crippen molar-refractivity contribution in [2.24, 2.45) is 10.2 Å². The summed E-state index contributed by atoms with van der Waals surface area (Å²) in [6.45, 7) is 0.553. The molecule has 1 aliphatic rings. The third kappa shape index (κ3) is 2.26. The van der Waals surface area contributed by atoms with Gasteiger partial charge in [-0.25, -0.2) is 0 Å². The molecule has 0 aromatic carbocycles. The number of hydrogen-bond acceptors (Lipinski definition) is 4. The lowest BCUT2D eigenvalue weighted by molar-refractivity contribution is 0.238. The van der Waals surface area contributed by atoms with Crippen LogP contribution in [0.4, 0.5) is 5.69 Å². The van der Waals surface area contributed by atoms with Gasteiger partial charge in [0.15, 0.2) is 0 Å². The van der Waals surface area contributed by atoms with Gasteiger partial charge in [-0.3, -0.25) is 4.98 Å². The van der Waals surface area contributed by atoms with E-state index in [9.17, 15) is 0 Å². The van der Waals surface area contributed by atoms with Crippen molar-refractivity contribution >= 4 is 5.69 Å². The van der Waals surface area contributed by atoms with Crippen LogP contribution in [0.2, 0.25) is 0 Å². The molecule has 4 nitrogen and oxygen atoms in total. The third-order valence-electron chi connectivity index (χ3n) is 1.61. The van der Waals surface area contributed by atoms with Gasteiger partial charge in [-0.1, -0.05) is 6.08 Å². The number of pyridine rings is 1. The molecule has 1 aromatic heterocycles. The molecule has 1 aliphatic heterocycles. The second-order valence-corrected chi connectivity index (χ2v) is 2.66. The van der Waals surface area contributed by atoms with Gasteiger partial charge in [0.25, 0.3) is 0 Å². The Morgan fingerprint density at radius 2 is 2.36 bits per heavy atom. The summed E-state index contributed by atoms with van der Waals surface area (Å²) in [6.07, 6.45) is 8.90. The molecule has 0 aliphatic carbocycles. The van der Waals surface area contributed by atoms with E-state index in [0.29, 0.717) is 18.2 Å². The Kier molecular flexibility index (Phi) is 2.66. The summed E-state index contributed by atoms with van der Waals surface area (Å²) in [5, 5.41) is 7.89. The van der Waals surface area contributed by atoms with E-state index >= 15 is 0 Å². The maximum atomic E-state index is 5.19. The summed E-state index contributed by atoms with van der Waals surface area (Å²) >= 11 is 0. The van der Waals surface area contributed by atoms with E-state index in [1.54, 1.807) is 18.5 Å². The predicted molar refractivity (Wildman–Crippen MR) is 51.9 cm³/mol. The number of rotatable bonds is 2. The molecule has 0 N–H and O–H groups in total. The zero-order valence-electron chi connectivity index (χ0n) is 7.50. The topological polar surface area (TPSA) is 46.8 Å². The second-order valence-electron chi connectivity index (χ2n) is 2.66. The fourth-order valence-corrected chi connectivity index (χ4v) is 0.970. The second kappa shape index (κ2) is 4.32. The molecule has 4 heteroatoms. The molecular weight excluding hydrogens is 178 g/mol. The highest BCUT2D eigenvalue weighted by Gasteiger charge is 1.96. The van der Waals surface area contributed by atoms with Gasteiger partial charge in [0, 0.05) is 12.3 Å². The van der Waals surface area contributed by atoms with Crippen molar-refractivity contribution in [3.05, 3.63) is 48.6 Å². The summed E-state index contributed by atoms with van der Waals surface area (Å²) in [5.41, 5.74) is 0.714. The minimum absolute atomic E-state index is 0.524. The molecule has 2 heterocycles. The molecule has 2 rings (SSSR count). The van der Waals surface area contributed by atoms with Gasteiger partial charge in [0.05, 0.1) is 6.20 Å². The first-order valence-electron chi connectivity index (χ1n) is 4.26. The fraction of sp³-hybridized carbons (Fsp3) is 0.100. The summed E-state index contributed by atoms with van der Waals surface area (Å²) in [7, 11) is 0. The van der Waals surface area contributed by atoms with Crippen molar-refractivity contribution in [1.82, 2.24) is 4.98 Å². The van der Waals surface area contributed by atoms with Gasteiger partial charge in [-0.05, 0) is 18.2 Å². The van der Waals surface area contributed by atoms with Crippen LogP contribution < -0.4 is 0 Å². The molecule has 0 saturated heterocycles. The van der Waals surface area contributed by atoms with E-state index in [1.807, 2.05) is 24.3 Å². The van der Waals surface area contributed by atoms with Gasteiger partial charge in [0.2, 0.25) is 5.88 Å². The van der Waals surface area contributed by atoms with Crippen LogP contribution in [0.15, 0.2) is 58.9 Å². The number of ether oxygens (including phenoxy) is 1. The lowest BCUT2D eigenvalue weighted by atomic mass is 10.4. The van der Waals surface area contributed by atoms with E-state index in [0.717, 1.165) is 0 Å². The van der Waals surface area contributed by atoms with Crippen molar-refractivity contribution in [3.63, 3.8) is 0 Å². The van der Waals surface area contributed by atoms with Crippen LogP contribution in [0, 0.1) is 0 Å². The maximum absolute atomic E-state index is 5.19. The van der Waals surface area contributed by atoms with E-state index < -0.39 is 0 Å². The first-order chi connectivity index (χ1) is 6.95. The summed E-state index contributed by atoms with van der Waals surface area (Å²) < 4.78 is 5.19. The van der Waals surface area contributed by atoms with Crippen molar-refractivity contribution in [2.75, 3.05) is 6.61 Å². The Bertz CT molecular complexity index is 382. The lowest BCUT2D eigenvalue weighted by Gasteiger charge is -2.04. The zero-order chi connectivity index (χ0) is 9.64. The van der Waals surface area contributed by atoms with Crippen LogP contribution in [0.5, 0.6) is 0 Å². The molecule has 0 spiro atoms. The number of azo groups is 1. The average Bonchev–Trinajstić information content (AvgIpc) is 2.29. The summed E-state index contributed by atoms with van der Waals surface area (Å²) in [5.74, 6) is 0.524. The van der Waals surface area contributed by atoms with E-state index in [2.05, 4.69) is 15.2 Å². The molecule has 0 saturated carbocycles. The predicted octanol–water partition coefficient (Wildman–Crippen LogP) is 2.59. The molecule has 1 aromatic rings. The van der Waals surface area contributed by atoms with Crippen LogP contribution >= 0.6 is 0 Å². The third-order valence-corrected chi connectivity index (χ3v) is 1.61. The Balaban J connectivity index is 2.07. The highest BCUT2D eigenvalue weighted by molar-refractivity contribution is 5.31. The van der Waals surface area contributed by atoms with Gasteiger partial charge < -0.3 is 4.74 Å². The molecule has 14 heavy (non-hydrogen) atoms. The number of nitrogens with zero attached hydrogens (tertiary/aromatic N) is 3. The van der Waals surface area contributed by atoms with Crippen LogP contribution in [-0.4, -0.2) is 11.6 Å². The van der Waals surface area contributed by atoms with Crippen LogP contribution in [0.1, 0.15) is 0 Å². The zero-order valence-corrected chi connectivity index (χ0v) is 7.50. The van der Waals surface area contributed by atoms with Crippen molar-refractivity contribution in [1.29, 1.82) is 0 Å². The smallest absolute Gasteiger partial charge is 0.233 e. The number of aromatic nitrogens is 1. The fourth-order valence-electron chi connectivity index (χ4n) is 0.970. The minimum atomic E-state index is 0.524. The van der Waals surface area contributed by atoms with Gasteiger partial charge in [0.1, 0.15) is 12.3 Å². The normalized spacial score (nSPS) is 15.3. The Labute approximate surface area is 81.7 Å². The SMILES string of the molecule is C1=CCOC(N=Nc2cccnc2)=C1. The highest BCUT2D eigenvalue weighted by Crippen LogP contribution is 2.12. The Hall–Kier alpha value is -1.97. The molecular formula is C10H9N3O. The van der Waals surface area contributed by atoms with Crippen molar-refractivity contribution < 1.29 is 4.74 Å². The van der Waals surface area contributed by atoms with E-state index in [-0.39, 0.29) is 0 Å². The molecule has 0 atom stereocenters. The molecule has 70 valence electrons. The highest BCUT2D eigenvalue weighted by atomic mass is 16.5. The van der Waals surface area contributed by atoms with Gasteiger partial charge >= 0.3 is 0 Å². The average molecular weight is 187 g/mol. The first kappa shape index (κ1) is 8.62. The van der Waals surface area contributed by atoms with Crippen molar-refractivity contribution in [2.45, 2.75) is 0 Å². The molecule has 0 bridgehead atoms. The number of hydrogen-bond donors (Lipinski definition) is 0. The van der Waals surface area contributed by atoms with E-state index in [4.69, 9.17) is 4.74 Å². The Morgan fingerprint density at radius 3 is 3.07 bits per heavy atom. The monoisotopic (exact) mass is 187 g/mol. The Morgan fingerprint density at radius 1 is 1.36 bits per heavy atom. The first-order valence-corrected chi connectivity index (χ1v) is 4.26. The summed E-state index contributed by atoms with van der Waals surface area (Å²) in [6, 6.07) is 3.64. The standard InChI is InChI=1S/C10H9N3O/c1-2-7-14-10(5-1)13-12-9-4-3-6-11-8-9/h1-6,8H,7H2. The minimum Gasteiger partial charge on any atom is -0.472 e. The largest absolute Gasteiger partial charge is 0.472 e. The van der Waals surface area contributed by atoms with Crippen molar-refractivity contribution in [3.8, 4) is 0 Å². The van der Waals surface area contributed by atoms with Crippen LogP contribution in [0.3, 0.4) is 0 Å². The van der Waals surface area contributed by atoms with Gasteiger partial charge in [-0.2, -0.15) is 0 Å². The molecule has 0 radical (unpaired) electrons. The maximum Gasteiger partial charge on any atom is 0.233 e. The lowest BCUT2D eigenvalue weighted by Crippen LogP contribution is -1.92. The molecule has 0 unspecified atom stereocenters. The molecule has 0 fully saturated rings. The van der Waals surface area contributed by atoms with Crippen LogP contribution in [0.25, 0.3) is 0 Å². The number of allylic oxidation sites excluding steroid dienone is 2. The quantitative estimate of drug-likeness (QED) is 0.668. The molecule has 0 amide bonds. The van der Waals surface area contributed by atoms with Gasteiger partial charge in [-0.15, -0.1) is 10.2 Å².